The second kappa shape index (κ2) is 10.0. The van der Waals surface area contributed by atoms with Crippen LogP contribution < -0.4 is 9.47 Å². The molecule has 0 saturated carbocycles. The minimum Gasteiger partial charge on any atom is -0.507 e. The van der Waals surface area contributed by atoms with Crippen molar-refractivity contribution in [2.45, 2.75) is 38.8 Å². The van der Waals surface area contributed by atoms with Crippen molar-refractivity contribution in [3.05, 3.63) is 94.6 Å². The molecule has 0 spiro atoms. The number of aliphatic hydroxyl groups excluding tert-OH is 1. The molecule has 37 heavy (non-hydrogen) atoms. The highest BCUT2D eigenvalue weighted by Gasteiger charge is 2.46. The zero-order chi connectivity index (χ0) is 26.1. The number of Topliss-reactive ketones (excluding diaryl/α,β-unsaturated/α-hetero) is 1. The number of nitrogens with zero attached hydrogens (tertiary/aromatic N) is 1. The molecule has 1 fully saturated rings. The lowest BCUT2D eigenvalue weighted by Crippen LogP contribution is -2.31. The van der Waals surface area contributed by atoms with Gasteiger partial charge in [0.15, 0.2) is 11.5 Å². The Morgan fingerprint density at radius 3 is 2.62 bits per heavy atom. The van der Waals surface area contributed by atoms with Gasteiger partial charge in [0.2, 0.25) is 0 Å². The lowest BCUT2D eigenvalue weighted by atomic mass is 9.94. The largest absolute Gasteiger partial charge is 0.507 e. The summed E-state index contributed by atoms with van der Waals surface area (Å²) >= 11 is 0. The van der Waals surface area contributed by atoms with Crippen molar-refractivity contribution in [3.63, 3.8) is 0 Å². The summed E-state index contributed by atoms with van der Waals surface area (Å²) in [7, 11) is 0. The van der Waals surface area contributed by atoms with Crippen LogP contribution in [-0.2, 0) is 22.4 Å². The van der Waals surface area contributed by atoms with E-state index in [1.54, 1.807) is 31.2 Å². The third kappa shape index (κ3) is 4.65. The summed E-state index contributed by atoms with van der Waals surface area (Å²) in [4.78, 5) is 28.2. The van der Waals surface area contributed by atoms with Gasteiger partial charge in [0.05, 0.1) is 18.2 Å². The average Bonchev–Trinajstić information content (AvgIpc) is 3.39. The molecule has 1 amide bonds. The van der Waals surface area contributed by atoms with E-state index in [-0.39, 0.29) is 35.5 Å². The highest BCUT2D eigenvalue weighted by Crippen LogP contribution is 2.42. The summed E-state index contributed by atoms with van der Waals surface area (Å²) in [5.41, 5.74) is 2.99. The number of carbonyl (C=O) groups excluding carboxylic acids is 2. The predicted molar refractivity (Wildman–Crippen MR) is 139 cm³/mol. The third-order valence-electron chi connectivity index (χ3n) is 6.79. The van der Waals surface area contributed by atoms with E-state index in [9.17, 15) is 19.8 Å². The number of amides is 1. The molecule has 5 rings (SSSR count). The maximum atomic E-state index is 13.4. The van der Waals surface area contributed by atoms with Gasteiger partial charge < -0.3 is 24.6 Å². The van der Waals surface area contributed by atoms with Crippen LogP contribution in [0.3, 0.4) is 0 Å². The lowest BCUT2D eigenvalue weighted by molar-refractivity contribution is -0.139. The van der Waals surface area contributed by atoms with Crippen LogP contribution >= 0.6 is 0 Å². The number of benzene rings is 3. The second-order valence-corrected chi connectivity index (χ2v) is 9.34. The van der Waals surface area contributed by atoms with E-state index in [0.717, 1.165) is 16.9 Å². The van der Waals surface area contributed by atoms with Gasteiger partial charge in [0, 0.05) is 18.5 Å². The van der Waals surface area contributed by atoms with E-state index in [1.807, 2.05) is 43.3 Å². The second-order valence-electron chi connectivity index (χ2n) is 9.34. The average molecular weight is 500 g/mol. The molecule has 2 unspecified atom stereocenters. The van der Waals surface area contributed by atoms with Crippen LogP contribution in [0.25, 0.3) is 5.76 Å². The summed E-state index contributed by atoms with van der Waals surface area (Å²) < 4.78 is 11.3. The monoisotopic (exact) mass is 499 g/mol. The first-order valence-corrected chi connectivity index (χ1v) is 12.5. The molecule has 0 aromatic heterocycles. The van der Waals surface area contributed by atoms with Gasteiger partial charge in [-0.1, -0.05) is 36.4 Å². The number of aliphatic hydroxyl groups is 1. The lowest BCUT2D eigenvalue weighted by Gasteiger charge is -2.26. The zero-order valence-electron chi connectivity index (χ0n) is 20.8. The minimum absolute atomic E-state index is 0.0121. The number of aromatic hydroxyl groups is 1. The Morgan fingerprint density at radius 1 is 1.08 bits per heavy atom. The first kappa shape index (κ1) is 24.4. The van der Waals surface area contributed by atoms with Crippen molar-refractivity contribution in [3.8, 4) is 17.2 Å². The molecule has 2 aliphatic rings. The number of likely N-dealkylation sites (tertiary alicyclic amines) is 1. The number of hydrogen-bond acceptors (Lipinski definition) is 6. The topological polar surface area (TPSA) is 96.3 Å². The standard InChI is InChI=1S/C30H29NO6/c1-3-36-25-17-20(9-11-23(25)32)27-26(28(33)21-10-12-24-22(16-21)15-18(2)37-24)29(34)30(35)31(27)14-13-19-7-5-4-6-8-19/h4-12,16-18,27,32-33H,3,13-15H2,1-2H3. The van der Waals surface area contributed by atoms with Crippen molar-refractivity contribution in [1.82, 2.24) is 4.90 Å². The Balaban J connectivity index is 1.60. The Labute approximate surface area is 215 Å². The molecule has 3 aromatic carbocycles. The molecule has 190 valence electrons. The van der Waals surface area contributed by atoms with Crippen LogP contribution in [0.5, 0.6) is 17.2 Å². The van der Waals surface area contributed by atoms with Crippen molar-refractivity contribution < 1.29 is 29.3 Å². The molecule has 0 bridgehead atoms. The molecule has 2 aliphatic heterocycles. The smallest absolute Gasteiger partial charge is 0.295 e. The van der Waals surface area contributed by atoms with E-state index in [2.05, 4.69) is 0 Å². The van der Waals surface area contributed by atoms with Crippen LogP contribution in [-0.4, -0.2) is 46.1 Å². The van der Waals surface area contributed by atoms with Crippen LogP contribution in [0.4, 0.5) is 0 Å². The van der Waals surface area contributed by atoms with Crippen LogP contribution in [0, 0.1) is 0 Å². The van der Waals surface area contributed by atoms with Gasteiger partial charge in [-0.15, -0.1) is 0 Å². The van der Waals surface area contributed by atoms with Crippen molar-refractivity contribution in [1.29, 1.82) is 0 Å². The number of rotatable bonds is 7. The van der Waals surface area contributed by atoms with E-state index >= 15 is 0 Å². The quantitative estimate of drug-likeness (QED) is 0.276. The number of carbonyl (C=O) groups is 2. The summed E-state index contributed by atoms with van der Waals surface area (Å²) in [6, 6.07) is 18.9. The van der Waals surface area contributed by atoms with Gasteiger partial charge in [-0.25, -0.2) is 0 Å². The molecule has 7 heteroatoms. The van der Waals surface area contributed by atoms with E-state index in [4.69, 9.17) is 9.47 Å². The number of fused-ring (bicyclic) bond motifs is 1. The minimum atomic E-state index is -0.841. The van der Waals surface area contributed by atoms with Gasteiger partial charge in [0.25, 0.3) is 11.7 Å². The Kier molecular flexibility index (Phi) is 6.61. The Bertz CT molecular complexity index is 1380. The van der Waals surface area contributed by atoms with Gasteiger partial charge in [-0.2, -0.15) is 0 Å². The van der Waals surface area contributed by atoms with Gasteiger partial charge >= 0.3 is 0 Å². The Morgan fingerprint density at radius 2 is 1.86 bits per heavy atom. The molecule has 2 atom stereocenters. The molecular formula is C30H29NO6. The maximum Gasteiger partial charge on any atom is 0.295 e. The van der Waals surface area contributed by atoms with Crippen LogP contribution in [0.2, 0.25) is 0 Å². The number of ketones is 1. The van der Waals surface area contributed by atoms with E-state index < -0.39 is 17.7 Å². The predicted octanol–water partition coefficient (Wildman–Crippen LogP) is 4.78. The fourth-order valence-corrected chi connectivity index (χ4v) is 5.05. The van der Waals surface area contributed by atoms with Crippen molar-refractivity contribution in [2.24, 2.45) is 0 Å². The van der Waals surface area contributed by atoms with Gasteiger partial charge in [-0.05, 0) is 67.3 Å². The number of phenols is 1. The number of phenolic OH excluding ortho intramolecular Hbond substituents is 1. The number of hydrogen-bond donors (Lipinski definition) is 2. The zero-order valence-corrected chi connectivity index (χ0v) is 20.8. The fourth-order valence-electron chi connectivity index (χ4n) is 5.05. The van der Waals surface area contributed by atoms with E-state index in [0.29, 0.717) is 30.6 Å². The highest BCUT2D eigenvalue weighted by atomic mass is 16.5. The van der Waals surface area contributed by atoms with Crippen molar-refractivity contribution >= 4 is 17.4 Å². The normalized spacial score (nSPS) is 20.1. The first-order chi connectivity index (χ1) is 17.9. The summed E-state index contributed by atoms with van der Waals surface area (Å²) in [6.07, 6.45) is 1.26. The van der Waals surface area contributed by atoms with Crippen LogP contribution in [0.1, 0.15) is 42.1 Å². The van der Waals surface area contributed by atoms with Crippen molar-refractivity contribution in [2.75, 3.05) is 13.2 Å². The molecule has 0 aliphatic carbocycles. The maximum absolute atomic E-state index is 13.4. The molecule has 2 N–H and O–H groups in total. The SMILES string of the molecule is CCOc1cc(C2C(=C(O)c3ccc4c(c3)CC(C)O4)C(=O)C(=O)N2CCc2ccccc2)ccc1O. The molecule has 3 aromatic rings. The molecule has 0 radical (unpaired) electrons. The van der Waals surface area contributed by atoms with Crippen LogP contribution in [0.15, 0.2) is 72.3 Å². The molecular weight excluding hydrogens is 470 g/mol. The van der Waals surface area contributed by atoms with E-state index in [1.165, 1.54) is 11.0 Å². The number of ether oxygens (including phenoxy) is 2. The fraction of sp³-hybridized carbons (Fsp3) is 0.267. The summed E-state index contributed by atoms with van der Waals surface area (Å²) in [5, 5.41) is 21.7. The molecule has 1 saturated heterocycles. The van der Waals surface area contributed by atoms with Gasteiger partial charge in [0.1, 0.15) is 17.6 Å². The third-order valence-corrected chi connectivity index (χ3v) is 6.79. The Hall–Kier alpha value is -4.26. The first-order valence-electron chi connectivity index (χ1n) is 12.5. The highest BCUT2D eigenvalue weighted by molar-refractivity contribution is 6.46. The molecule has 7 nitrogen and oxygen atoms in total. The summed E-state index contributed by atoms with van der Waals surface area (Å²) in [6.45, 7) is 4.38. The van der Waals surface area contributed by atoms with Gasteiger partial charge in [-0.3, -0.25) is 9.59 Å². The summed E-state index contributed by atoms with van der Waals surface area (Å²) in [5.74, 6) is -0.696. The molecule has 2 heterocycles.